The molecule has 3 N–H and O–H groups in total. The fourth-order valence-electron chi connectivity index (χ4n) is 0.889. The van der Waals surface area contributed by atoms with Gasteiger partial charge < -0.3 is 10.8 Å². The molecule has 1 atom stereocenters. The molecule has 0 spiro atoms. The highest BCUT2D eigenvalue weighted by Crippen LogP contribution is 2.08. The lowest BCUT2D eigenvalue weighted by Crippen LogP contribution is -2.15. The second kappa shape index (κ2) is 3.99. The van der Waals surface area contributed by atoms with E-state index in [1.54, 1.807) is 12.3 Å². The summed E-state index contributed by atoms with van der Waals surface area (Å²) in [5, 5.41) is 8.76. The van der Waals surface area contributed by atoms with E-state index in [1.165, 1.54) is 0 Å². The van der Waals surface area contributed by atoms with Gasteiger partial charge >= 0.3 is 0 Å². The van der Waals surface area contributed by atoms with Gasteiger partial charge in [-0.15, -0.1) is 0 Å². The molecule has 0 aliphatic heterocycles. The number of nitrogens with two attached hydrogens (primary N) is 1. The van der Waals surface area contributed by atoms with Crippen LogP contribution in [0.4, 0.5) is 0 Å². The fraction of sp³-hybridized carbons (Fsp3) is 0.222. The molecule has 0 fully saturated rings. The predicted molar refractivity (Wildman–Crippen MR) is 48.3 cm³/mol. The maximum Gasteiger partial charge on any atom is 0.0705 e. The second-order valence-corrected chi connectivity index (χ2v) is 2.51. The summed E-state index contributed by atoms with van der Waals surface area (Å²) in [6.07, 6.45) is 3.37. The quantitative estimate of drug-likeness (QED) is 0.692. The summed E-state index contributed by atoms with van der Waals surface area (Å²) in [5.74, 6) is 0. The molecule has 0 saturated carbocycles. The van der Waals surface area contributed by atoms with Gasteiger partial charge in [-0.2, -0.15) is 0 Å². The van der Waals surface area contributed by atoms with Crippen molar-refractivity contribution in [1.82, 2.24) is 4.98 Å². The molecule has 0 bridgehead atoms. The molecule has 0 aliphatic rings. The SMILES string of the molecule is C=Cc1ccnc([C@@H](N)CO)c1. The molecule has 0 aliphatic carbocycles. The van der Waals surface area contributed by atoms with Crippen molar-refractivity contribution in [3.05, 3.63) is 36.2 Å². The molecule has 0 aromatic carbocycles. The first kappa shape index (κ1) is 8.90. The van der Waals surface area contributed by atoms with Crippen LogP contribution in [0.15, 0.2) is 24.9 Å². The molecule has 1 rings (SSSR count). The number of aromatic nitrogens is 1. The average Bonchev–Trinajstić information content (AvgIpc) is 2.17. The Bertz CT molecular complexity index is 273. The van der Waals surface area contributed by atoms with Gasteiger partial charge in [0.2, 0.25) is 0 Å². The van der Waals surface area contributed by atoms with Crippen LogP contribution in [-0.4, -0.2) is 16.7 Å². The van der Waals surface area contributed by atoms with Crippen LogP contribution in [0.1, 0.15) is 17.3 Å². The van der Waals surface area contributed by atoms with Crippen LogP contribution in [0.25, 0.3) is 6.08 Å². The number of rotatable bonds is 3. The zero-order valence-corrected chi connectivity index (χ0v) is 6.77. The van der Waals surface area contributed by atoms with Crippen molar-refractivity contribution < 1.29 is 5.11 Å². The third-order valence-electron chi connectivity index (χ3n) is 1.62. The molecular formula is C9H12N2O. The normalized spacial score (nSPS) is 12.5. The maximum absolute atomic E-state index is 8.76. The number of aliphatic hydroxyl groups is 1. The Morgan fingerprint density at radius 1 is 1.75 bits per heavy atom. The first-order valence-electron chi connectivity index (χ1n) is 3.72. The van der Waals surface area contributed by atoms with E-state index < -0.39 is 6.04 Å². The molecule has 1 heterocycles. The Morgan fingerprint density at radius 2 is 2.50 bits per heavy atom. The zero-order chi connectivity index (χ0) is 8.97. The van der Waals surface area contributed by atoms with E-state index in [1.807, 2.05) is 12.1 Å². The van der Waals surface area contributed by atoms with E-state index in [0.717, 1.165) is 5.56 Å². The molecule has 12 heavy (non-hydrogen) atoms. The van der Waals surface area contributed by atoms with Gasteiger partial charge in [0.15, 0.2) is 0 Å². The highest BCUT2D eigenvalue weighted by Gasteiger charge is 2.04. The van der Waals surface area contributed by atoms with Crippen LogP contribution in [0.3, 0.4) is 0 Å². The molecule has 1 aromatic heterocycles. The fourth-order valence-corrected chi connectivity index (χ4v) is 0.889. The lowest BCUT2D eigenvalue weighted by atomic mass is 10.1. The van der Waals surface area contributed by atoms with Crippen molar-refractivity contribution in [1.29, 1.82) is 0 Å². The van der Waals surface area contributed by atoms with Gasteiger partial charge in [-0.25, -0.2) is 0 Å². The first-order chi connectivity index (χ1) is 5.77. The molecule has 64 valence electrons. The van der Waals surface area contributed by atoms with Gasteiger partial charge in [0.25, 0.3) is 0 Å². The topological polar surface area (TPSA) is 59.1 Å². The lowest BCUT2D eigenvalue weighted by molar-refractivity contribution is 0.266. The molecule has 0 amide bonds. The third-order valence-corrected chi connectivity index (χ3v) is 1.62. The molecule has 0 saturated heterocycles. The zero-order valence-electron chi connectivity index (χ0n) is 6.77. The number of aliphatic hydroxyl groups excluding tert-OH is 1. The van der Waals surface area contributed by atoms with Crippen molar-refractivity contribution in [2.45, 2.75) is 6.04 Å². The van der Waals surface area contributed by atoms with Crippen LogP contribution < -0.4 is 5.73 Å². The summed E-state index contributed by atoms with van der Waals surface area (Å²) in [5.41, 5.74) is 7.22. The Hall–Kier alpha value is -1.19. The smallest absolute Gasteiger partial charge is 0.0705 e. The minimum absolute atomic E-state index is 0.0897. The predicted octanol–water partition coefficient (Wildman–Crippen LogP) is 0.717. The first-order valence-corrected chi connectivity index (χ1v) is 3.72. The van der Waals surface area contributed by atoms with Crippen molar-refractivity contribution >= 4 is 6.08 Å². The summed E-state index contributed by atoms with van der Waals surface area (Å²) >= 11 is 0. The van der Waals surface area contributed by atoms with E-state index in [9.17, 15) is 0 Å². The number of pyridine rings is 1. The Morgan fingerprint density at radius 3 is 3.08 bits per heavy atom. The van der Waals surface area contributed by atoms with E-state index in [2.05, 4.69) is 11.6 Å². The lowest BCUT2D eigenvalue weighted by Gasteiger charge is -2.06. The average molecular weight is 164 g/mol. The molecule has 0 unspecified atom stereocenters. The minimum atomic E-state index is -0.398. The summed E-state index contributed by atoms with van der Waals surface area (Å²) in [4.78, 5) is 4.03. The van der Waals surface area contributed by atoms with Gasteiger partial charge in [-0.1, -0.05) is 12.7 Å². The second-order valence-electron chi connectivity index (χ2n) is 2.51. The van der Waals surface area contributed by atoms with Gasteiger partial charge in [-0.05, 0) is 17.7 Å². The van der Waals surface area contributed by atoms with Gasteiger partial charge in [0.05, 0.1) is 18.3 Å². The van der Waals surface area contributed by atoms with Crippen LogP contribution in [0.2, 0.25) is 0 Å². The minimum Gasteiger partial charge on any atom is -0.394 e. The standard InChI is InChI=1S/C9H12N2O/c1-2-7-3-4-11-9(5-7)8(10)6-12/h2-5,8,12H,1,6,10H2/t8-/m0/s1. The number of hydrogen-bond donors (Lipinski definition) is 2. The van der Waals surface area contributed by atoms with Crippen molar-refractivity contribution in [3.8, 4) is 0 Å². The van der Waals surface area contributed by atoms with E-state index >= 15 is 0 Å². The molecule has 3 nitrogen and oxygen atoms in total. The van der Waals surface area contributed by atoms with E-state index in [4.69, 9.17) is 10.8 Å². The largest absolute Gasteiger partial charge is 0.394 e. The van der Waals surface area contributed by atoms with Crippen molar-refractivity contribution in [2.24, 2.45) is 5.73 Å². The Labute approximate surface area is 71.6 Å². The monoisotopic (exact) mass is 164 g/mol. The number of nitrogens with zero attached hydrogens (tertiary/aromatic N) is 1. The molecule has 0 radical (unpaired) electrons. The van der Waals surface area contributed by atoms with Crippen molar-refractivity contribution in [3.63, 3.8) is 0 Å². The van der Waals surface area contributed by atoms with E-state index in [0.29, 0.717) is 5.69 Å². The highest BCUT2D eigenvalue weighted by molar-refractivity contribution is 5.46. The summed E-state index contributed by atoms with van der Waals surface area (Å²) in [6.45, 7) is 3.54. The van der Waals surface area contributed by atoms with Gasteiger partial charge in [-0.3, -0.25) is 4.98 Å². The molecule has 3 heteroatoms. The van der Waals surface area contributed by atoms with Gasteiger partial charge in [0.1, 0.15) is 0 Å². The van der Waals surface area contributed by atoms with Crippen LogP contribution >= 0.6 is 0 Å². The molecular weight excluding hydrogens is 152 g/mol. The van der Waals surface area contributed by atoms with Crippen LogP contribution in [0.5, 0.6) is 0 Å². The third kappa shape index (κ3) is 1.90. The summed E-state index contributed by atoms with van der Waals surface area (Å²) < 4.78 is 0. The number of hydrogen-bond acceptors (Lipinski definition) is 3. The van der Waals surface area contributed by atoms with E-state index in [-0.39, 0.29) is 6.61 Å². The van der Waals surface area contributed by atoms with Gasteiger partial charge in [0, 0.05) is 6.20 Å². The van der Waals surface area contributed by atoms with Crippen LogP contribution in [0, 0.1) is 0 Å². The highest BCUT2D eigenvalue weighted by atomic mass is 16.3. The summed E-state index contributed by atoms with van der Waals surface area (Å²) in [7, 11) is 0. The Kier molecular flexibility index (Phi) is 2.96. The maximum atomic E-state index is 8.76. The van der Waals surface area contributed by atoms with Crippen LogP contribution in [-0.2, 0) is 0 Å². The van der Waals surface area contributed by atoms with Crippen molar-refractivity contribution in [2.75, 3.05) is 6.61 Å². The summed E-state index contributed by atoms with van der Waals surface area (Å²) in [6, 6.07) is 3.25. The molecule has 1 aromatic rings. The Balaban J connectivity index is 2.93.